The second kappa shape index (κ2) is 32.1. The number of hydrogen-bond acceptors (Lipinski definition) is 2. The van der Waals surface area contributed by atoms with Gasteiger partial charge >= 0.3 is 0 Å². The average molecular weight is 1030 g/mol. The molecule has 0 atom stereocenters. The van der Waals surface area contributed by atoms with Crippen LogP contribution in [0.1, 0.15) is 306 Å². The van der Waals surface area contributed by atoms with Crippen molar-refractivity contribution in [3.63, 3.8) is 0 Å². The Morgan fingerprint density at radius 1 is 0.276 bits per heavy atom. The van der Waals surface area contributed by atoms with Crippen LogP contribution in [0.5, 0.6) is 0 Å². The summed E-state index contributed by atoms with van der Waals surface area (Å²) in [5, 5.41) is 0. The first-order valence-electron chi connectivity index (χ1n) is 32.9. The molecule has 0 N–H and O–H groups in total. The third kappa shape index (κ3) is 15.2. The Morgan fingerprint density at radius 3 is 0.882 bits per heavy atom. The Kier molecular flexibility index (Phi) is 25.2. The number of unbranched alkanes of at least 4 members (excludes halogenated alkanes) is 26. The molecule has 2 aliphatic carbocycles. The molecule has 0 bridgehead atoms. The predicted octanol–water partition coefficient (Wildman–Crippen LogP) is 23.6. The maximum Gasteiger partial charge on any atom is 0.0921 e. The zero-order chi connectivity index (χ0) is 53.3. The smallest absolute Gasteiger partial charge is 0.0921 e. The molecule has 0 saturated heterocycles. The molecular formula is C74H108N2. The molecule has 2 heteroatoms. The van der Waals surface area contributed by atoms with E-state index in [2.05, 4.69) is 126 Å². The Labute approximate surface area is 467 Å². The van der Waals surface area contributed by atoms with E-state index in [1.165, 1.54) is 263 Å². The van der Waals surface area contributed by atoms with Gasteiger partial charge in [0.1, 0.15) is 0 Å². The Bertz CT molecular complexity index is 2250. The third-order valence-corrected chi connectivity index (χ3v) is 18.5. The molecule has 2 aliphatic rings. The molecule has 0 saturated carbocycles. The van der Waals surface area contributed by atoms with Gasteiger partial charge in [0.15, 0.2) is 0 Å². The van der Waals surface area contributed by atoms with E-state index in [0.29, 0.717) is 0 Å². The van der Waals surface area contributed by atoms with Gasteiger partial charge in [-0.05, 0) is 108 Å². The topological polar surface area (TPSA) is 25.8 Å². The lowest BCUT2D eigenvalue weighted by Crippen LogP contribution is -2.25. The zero-order valence-electron chi connectivity index (χ0n) is 49.8. The number of aromatic nitrogens is 2. The number of nitrogens with zero attached hydrogens (tertiary/aromatic N) is 2. The van der Waals surface area contributed by atoms with Gasteiger partial charge in [0.05, 0.1) is 22.8 Å². The number of hydrogen-bond donors (Lipinski definition) is 0. The van der Waals surface area contributed by atoms with Gasteiger partial charge in [-0.15, -0.1) is 0 Å². The van der Waals surface area contributed by atoms with E-state index in [4.69, 9.17) is 9.97 Å². The molecule has 1 heterocycles. The number of rotatable bonds is 40. The third-order valence-electron chi connectivity index (χ3n) is 18.5. The highest BCUT2D eigenvalue weighted by Crippen LogP contribution is 2.57. The van der Waals surface area contributed by atoms with Gasteiger partial charge in [0.2, 0.25) is 0 Å². The van der Waals surface area contributed by atoms with Crippen molar-refractivity contribution in [3.05, 3.63) is 119 Å². The minimum Gasteiger partial charge on any atom is -0.249 e. The monoisotopic (exact) mass is 1020 g/mol. The Hall–Kier alpha value is -4.04. The fourth-order valence-electron chi connectivity index (χ4n) is 14.1. The van der Waals surface area contributed by atoms with Crippen LogP contribution in [-0.4, -0.2) is 9.97 Å². The predicted molar refractivity (Wildman–Crippen MR) is 333 cm³/mol. The molecule has 0 amide bonds. The molecule has 0 aliphatic heterocycles. The van der Waals surface area contributed by atoms with Crippen molar-refractivity contribution < 1.29 is 0 Å². The fraction of sp³-hybridized carbons (Fsp3) is 0.622. The van der Waals surface area contributed by atoms with Crippen molar-refractivity contribution in [3.8, 4) is 44.8 Å². The zero-order valence-corrected chi connectivity index (χ0v) is 49.8. The van der Waals surface area contributed by atoms with Crippen molar-refractivity contribution in [1.29, 1.82) is 0 Å². The highest BCUT2D eigenvalue weighted by atomic mass is 14.9. The highest BCUT2D eigenvalue weighted by Gasteiger charge is 2.44. The lowest BCUT2D eigenvalue weighted by atomic mass is 9.70. The van der Waals surface area contributed by atoms with Crippen LogP contribution in [0.3, 0.4) is 0 Å². The quantitative estimate of drug-likeness (QED) is 0.0366. The van der Waals surface area contributed by atoms with Gasteiger partial charge in [-0.1, -0.05) is 307 Å². The van der Waals surface area contributed by atoms with Gasteiger partial charge < -0.3 is 0 Å². The summed E-state index contributed by atoms with van der Waals surface area (Å²) in [5.41, 5.74) is 19.6. The molecule has 5 aromatic rings. The summed E-state index contributed by atoms with van der Waals surface area (Å²) in [6.07, 6.45) is 48.7. The van der Waals surface area contributed by atoms with E-state index in [9.17, 15) is 0 Å². The van der Waals surface area contributed by atoms with Crippen LogP contribution in [0.2, 0.25) is 0 Å². The second-order valence-electron chi connectivity index (χ2n) is 24.3. The van der Waals surface area contributed by atoms with E-state index in [-0.39, 0.29) is 10.8 Å². The maximum atomic E-state index is 6.02. The van der Waals surface area contributed by atoms with Gasteiger partial charge in [-0.2, -0.15) is 0 Å². The summed E-state index contributed by atoms with van der Waals surface area (Å²) < 4.78 is 0. The summed E-state index contributed by atoms with van der Waals surface area (Å²) >= 11 is 0. The molecule has 1 aromatic heterocycles. The highest BCUT2D eigenvalue weighted by molar-refractivity contribution is 5.86. The molecule has 0 unspecified atom stereocenters. The van der Waals surface area contributed by atoms with Crippen LogP contribution in [0.25, 0.3) is 44.8 Å². The lowest BCUT2D eigenvalue weighted by molar-refractivity contribution is 0.398. The van der Waals surface area contributed by atoms with E-state index < -0.39 is 0 Å². The van der Waals surface area contributed by atoms with Crippen molar-refractivity contribution in [2.45, 2.75) is 296 Å². The first-order valence-corrected chi connectivity index (χ1v) is 32.9. The Morgan fingerprint density at radius 2 is 0.553 bits per heavy atom. The minimum absolute atomic E-state index is 0.0363. The van der Waals surface area contributed by atoms with Gasteiger partial charge in [-0.25, -0.2) is 9.97 Å². The molecule has 76 heavy (non-hydrogen) atoms. The van der Waals surface area contributed by atoms with Crippen LogP contribution in [0, 0.1) is 0 Å². The largest absolute Gasteiger partial charge is 0.249 e. The van der Waals surface area contributed by atoms with E-state index in [0.717, 1.165) is 37.1 Å². The van der Waals surface area contributed by atoms with Crippen LogP contribution in [0.15, 0.2) is 84.9 Å². The van der Waals surface area contributed by atoms with Gasteiger partial charge in [0, 0.05) is 22.0 Å². The molecule has 0 radical (unpaired) electrons. The number of fused-ring (bicyclic) bond motifs is 6. The van der Waals surface area contributed by atoms with E-state index in [1.807, 2.05) is 0 Å². The summed E-state index contributed by atoms with van der Waals surface area (Å²) in [7, 11) is 0. The van der Waals surface area contributed by atoms with Crippen LogP contribution in [0.4, 0.5) is 0 Å². The molecule has 0 fully saturated rings. The van der Waals surface area contributed by atoms with Gasteiger partial charge in [-0.3, -0.25) is 0 Å². The second-order valence-corrected chi connectivity index (χ2v) is 24.3. The van der Waals surface area contributed by atoms with Crippen LogP contribution in [-0.2, 0) is 23.7 Å². The first-order chi connectivity index (χ1) is 37.5. The molecule has 0 spiro atoms. The molecule has 2 nitrogen and oxygen atoms in total. The fourth-order valence-corrected chi connectivity index (χ4v) is 14.1. The van der Waals surface area contributed by atoms with Crippen molar-refractivity contribution in [2.75, 3.05) is 0 Å². The number of benzene rings is 4. The Balaban J connectivity index is 1.34. The van der Waals surface area contributed by atoms with Crippen LogP contribution < -0.4 is 0 Å². The van der Waals surface area contributed by atoms with Crippen LogP contribution >= 0.6 is 0 Å². The first kappa shape index (κ1) is 59.6. The van der Waals surface area contributed by atoms with E-state index in [1.54, 1.807) is 22.3 Å². The summed E-state index contributed by atoms with van der Waals surface area (Å²) in [6.45, 7) is 14.0. The molecule has 414 valence electrons. The molecule has 7 rings (SSSR count). The molecule has 4 aromatic carbocycles. The SMILES string of the molecule is CCCCCCCCC1(CCCCCCCC)c2ccccc2-c2ccc(-c3nc(CCCCCC)c(-c4ccc5c(c4)C(CCCCCCCC)(CCCCCCCC)c4ccccc4-5)nc3CCCCCC)cc21. The van der Waals surface area contributed by atoms with Gasteiger partial charge in [0.25, 0.3) is 0 Å². The summed E-state index contributed by atoms with van der Waals surface area (Å²) in [4.78, 5) is 12.0. The van der Waals surface area contributed by atoms with Crippen molar-refractivity contribution >= 4 is 0 Å². The average Bonchev–Trinajstić information content (AvgIpc) is 4.02. The lowest BCUT2D eigenvalue weighted by Gasteiger charge is -2.33. The standard InChI is InChI=1S/C74H108N2/c1-7-13-19-25-29-39-53-73(54-40-30-26-20-14-8-2)65-45-37-35-43-61(65)63-51-49-59(57-67(63)73)71-69(47-33-23-17-11-5)76-72(70(75-71)48-34-24-18-12-6)60-50-52-64-62-44-36-38-46-66(62)74(68(64)58-60,55-41-31-27-21-15-9-3)56-42-32-28-22-16-10-4/h35-38,43-46,49-52,57-58H,7-34,39-42,47-48,53-56H2,1-6H3. The molecular weight excluding hydrogens is 917 g/mol. The minimum atomic E-state index is 0.0363. The van der Waals surface area contributed by atoms with Crippen molar-refractivity contribution in [2.24, 2.45) is 0 Å². The maximum absolute atomic E-state index is 6.02. The van der Waals surface area contributed by atoms with Crippen molar-refractivity contribution in [1.82, 2.24) is 9.97 Å². The summed E-state index contributed by atoms with van der Waals surface area (Å²) in [6, 6.07) is 34.4. The number of aryl methyl sites for hydroxylation is 2. The van der Waals surface area contributed by atoms with E-state index >= 15 is 0 Å². The summed E-state index contributed by atoms with van der Waals surface area (Å²) in [5.74, 6) is 0. The normalized spacial score (nSPS) is 13.8.